The largest absolute Gasteiger partial charge is 0.515 e. The number of nitrogens with zero attached hydrogens (tertiary/aromatic N) is 2. The molecule has 7 heteroatoms. The van der Waals surface area contributed by atoms with E-state index in [0.717, 1.165) is 32.4 Å². The minimum Gasteiger partial charge on any atom is -0.515 e. The van der Waals surface area contributed by atoms with Crippen LogP contribution in [0.15, 0.2) is 16.9 Å². The van der Waals surface area contributed by atoms with Gasteiger partial charge in [-0.2, -0.15) is 0 Å². The van der Waals surface area contributed by atoms with Gasteiger partial charge in [0.15, 0.2) is 0 Å². The number of aliphatic hydroxyl groups excluding tert-OH is 1. The van der Waals surface area contributed by atoms with Crippen molar-refractivity contribution in [3.8, 4) is 0 Å². The molecule has 0 aliphatic carbocycles. The second kappa shape index (κ2) is 7.14. The van der Waals surface area contributed by atoms with E-state index in [-0.39, 0.29) is 11.8 Å². The molecule has 1 aromatic heterocycles. The molecule has 2 heterocycles. The number of likely N-dealkylation sites (N-methyl/N-ethyl adjacent to an activating group) is 1. The lowest BCUT2D eigenvalue weighted by Gasteiger charge is -2.35. The number of anilines is 1. The molecule has 2 rings (SSSR count). The van der Waals surface area contributed by atoms with Gasteiger partial charge >= 0.3 is 0 Å². The van der Waals surface area contributed by atoms with E-state index in [1.807, 2.05) is 25.8 Å². The zero-order valence-corrected chi connectivity index (χ0v) is 14.1. The van der Waals surface area contributed by atoms with Gasteiger partial charge < -0.3 is 14.4 Å². The number of nitrogens with one attached hydrogen (secondary N) is 1. The van der Waals surface area contributed by atoms with Crippen molar-refractivity contribution in [2.75, 3.05) is 32.1 Å². The van der Waals surface area contributed by atoms with Crippen molar-refractivity contribution in [1.29, 1.82) is 0 Å². The standard InChI is InChI=1S/C16H25N3O4/c1-11(9-20)13-7-14(23-18-13)17-15(21)16(2,3)19(4)8-12-5-6-22-10-12/h7,9,12,20H,5-6,8,10H2,1-4H3,(H,17,21)/b11-9+. The number of aromatic nitrogens is 1. The number of hydrogen-bond donors (Lipinski definition) is 2. The maximum atomic E-state index is 12.6. The molecule has 0 aromatic carbocycles. The van der Waals surface area contributed by atoms with Crippen LogP contribution in [0.4, 0.5) is 5.88 Å². The topological polar surface area (TPSA) is 87.8 Å². The van der Waals surface area contributed by atoms with E-state index >= 15 is 0 Å². The average molecular weight is 323 g/mol. The molecule has 1 atom stereocenters. The van der Waals surface area contributed by atoms with E-state index in [1.165, 1.54) is 0 Å². The van der Waals surface area contributed by atoms with Crippen LogP contribution < -0.4 is 5.32 Å². The summed E-state index contributed by atoms with van der Waals surface area (Å²) in [4.78, 5) is 14.6. The fourth-order valence-corrected chi connectivity index (χ4v) is 2.37. The summed E-state index contributed by atoms with van der Waals surface area (Å²) in [5.74, 6) is 0.547. The van der Waals surface area contributed by atoms with Crippen LogP contribution >= 0.6 is 0 Å². The van der Waals surface area contributed by atoms with Gasteiger partial charge in [0.05, 0.1) is 18.4 Å². The first kappa shape index (κ1) is 17.5. The molecule has 1 amide bonds. The molecule has 0 saturated carbocycles. The third kappa shape index (κ3) is 4.11. The van der Waals surface area contributed by atoms with Gasteiger partial charge in [-0.05, 0) is 40.2 Å². The number of carbonyl (C=O) groups is 1. The highest BCUT2D eigenvalue weighted by Crippen LogP contribution is 2.22. The smallest absolute Gasteiger partial charge is 0.246 e. The number of ether oxygens (including phenoxy) is 1. The molecule has 2 N–H and O–H groups in total. The molecule has 0 bridgehead atoms. The Bertz CT molecular complexity index is 574. The summed E-state index contributed by atoms with van der Waals surface area (Å²) in [5.41, 5.74) is 0.348. The summed E-state index contributed by atoms with van der Waals surface area (Å²) in [6.45, 7) is 7.78. The summed E-state index contributed by atoms with van der Waals surface area (Å²) in [7, 11) is 1.93. The van der Waals surface area contributed by atoms with Crippen LogP contribution in [0.2, 0.25) is 0 Å². The van der Waals surface area contributed by atoms with Crippen LogP contribution in [0.3, 0.4) is 0 Å². The van der Waals surface area contributed by atoms with Crippen LogP contribution in [0.25, 0.3) is 5.57 Å². The molecular weight excluding hydrogens is 298 g/mol. The second-order valence-corrected chi connectivity index (χ2v) is 6.51. The van der Waals surface area contributed by atoms with Gasteiger partial charge in [-0.15, -0.1) is 0 Å². The average Bonchev–Trinajstić information content (AvgIpc) is 3.18. The number of hydrogen-bond acceptors (Lipinski definition) is 6. The van der Waals surface area contributed by atoms with E-state index in [4.69, 9.17) is 14.4 Å². The number of rotatable bonds is 6. The third-order valence-corrected chi connectivity index (χ3v) is 4.41. The summed E-state index contributed by atoms with van der Waals surface area (Å²) in [5, 5.41) is 15.5. The highest BCUT2D eigenvalue weighted by atomic mass is 16.5. The Morgan fingerprint density at radius 3 is 2.96 bits per heavy atom. The molecule has 1 saturated heterocycles. The maximum absolute atomic E-state index is 12.6. The minimum atomic E-state index is -0.697. The summed E-state index contributed by atoms with van der Waals surface area (Å²) >= 11 is 0. The van der Waals surface area contributed by atoms with Crippen molar-refractivity contribution in [1.82, 2.24) is 10.1 Å². The second-order valence-electron chi connectivity index (χ2n) is 6.51. The normalized spacial score (nSPS) is 19.3. The van der Waals surface area contributed by atoms with Gasteiger partial charge in [0.2, 0.25) is 11.8 Å². The van der Waals surface area contributed by atoms with Crippen molar-refractivity contribution in [3.63, 3.8) is 0 Å². The van der Waals surface area contributed by atoms with Crippen molar-refractivity contribution in [3.05, 3.63) is 18.0 Å². The lowest BCUT2D eigenvalue weighted by Crippen LogP contribution is -2.52. The number of carbonyl (C=O) groups excluding carboxylic acids is 1. The van der Waals surface area contributed by atoms with E-state index in [9.17, 15) is 4.79 Å². The molecule has 1 unspecified atom stereocenters. The molecule has 1 fully saturated rings. The zero-order valence-electron chi connectivity index (χ0n) is 14.1. The first-order valence-electron chi connectivity index (χ1n) is 7.73. The van der Waals surface area contributed by atoms with Crippen LogP contribution in [0.5, 0.6) is 0 Å². The minimum absolute atomic E-state index is 0.174. The molecule has 1 aliphatic heterocycles. The fraction of sp³-hybridized carbons (Fsp3) is 0.625. The van der Waals surface area contributed by atoms with E-state index in [0.29, 0.717) is 17.2 Å². The van der Waals surface area contributed by atoms with Crippen molar-refractivity contribution in [2.45, 2.75) is 32.7 Å². The molecule has 1 aromatic rings. The van der Waals surface area contributed by atoms with Gasteiger partial charge in [0, 0.05) is 24.8 Å². The number of allylic oxidation sites excluding steroid dienone is 1. The lowest BCUT2D eigenvalue weighted by molar-refractivity contribution is -0.126. The van der Waals surface area contributed by atoms with E-state index < -0.39 is 5.54 Å². The molecule has 0 spiro atoms. The first-order valence-corrected chi connectivity index (χ1v) is 7.73. The molecule has 23 heavy (non-hydrogen) atoms. The Balaban J connectivity index is 1.98. The van der Waals surface area contributed by atoms with Gasteiger partial charge in [-0.3, -0.25) is 15.0 Å². The van der Waals surface area contributed by atoms with Crippen molar-refractivity contribution < 1.29 is 19.2 Å². The third-order valence-electron chi connectivity index (χ3n) is 4.41. The summed E-state index contributed by atoms with van der Waals surface area (Å²) in [6.07, 6.45) is 1.98. The zero-order chi connectivity index (χ0) is 17.0. The van der Waals surface area contributed by atoms with Gasteiger partial charge in [0.25, 0.3) is 0 Å². The van der Waals surface area contributed by atoms with Crippen LogP contribution in [-0.4, -0.2) is 53.4 Å². The van der Waals surface area contributed by atoms with Gasteiger partial charge in [0.1, 0.15) is 5.69 Å². The Morgan fingerprint density at radius 2 is 2.35 bits per heavy atom. The Hall–Kier alpha value is -1.86. The monoisotopic (exact) mass is 323 g/mol. The summed E-state index contributed by atoms with van der Waals surface area (Å²) in [6, 6.07) is 1.58. The van der Waals surface area contributed by atoms with E-state index in [1.54, 1.807) is 13.0 Å². The van der Waals surface area contributed by atoms with Crippen molar-refractivity contribution in [2.24, 2.45) is 5.92 Å². The lowest BCUT2D eigenvalue weighted by atomic mass is 9.99. The first-order chi connectivity index (χ1) is 10.8. The van der Waals surface area contributed by atoms with Gasteiger partial charge in [-0.1, -0.05) is 5.16 Å². The predicted molar refractivity (Wildman–Crippen MR) is 87.0 cm³/mol. The molecule has 7 nitrogen and oxygen atoms in total. The van der Waals surface area contributed by atoms with Crippen LogP contribution in [-0.2, 0) is 9.53 Å². The van der Waals surface area contributed by atoms with E-state index in [2.05, 4.69) is 10.5 Å². The van der Waals surface area contributed by atoms with Crippen LogP contribution in [0.1, 0.15) is 32.9 Å². The SMILES string of the molecule is C/C(=C\O)c1cc(NC(=O)C(C)(C)N(C)CC2CCOC2)on1. The molecule has 0 radical (unpaired) electrons. The number of amides is 1. The quantitative estimate of drug-likeness (QED) is 0.781. The fourth-order valence-electron chi connectivity index (χ4n) is 2.37. The molecule has 1 aliphatic rings. The maximum Gasteiger partial charge on any atom is 0.246 e. The summed E-state index contributed by atoms with van der Waals surface area (Å²) < 4.78 is 10.5. The van der Waals surface area contributed by atoms with Gasteiger partial charge in [-0.25, -0.2) is 0 Å². The molecule has 128 valence electrons. The Labute approximate surface area is 136 Å². The number of aliphatic hydroxyl groups is 1. The Morgan fingerprint density at radius 1 is 1.61 bits per heavy atom. The highest BCUT2D eigenvalue weighted by molar-refractivity contribution is 5.96. The van der Waals surface area contributed by atoms with Crippen molar-refractivity contribution >= 4 is 17.4 Å². The molecular formula is C16H25N3O4. The Kier molecular flexibility index (Phi) is 5.43. The van der Waals surface area contributed by atoms with Crippen LogP contribution in [0, 0.1) is 5.92 Å². The highest BCUT2D eigenvalue weighted by Gasteiger charge is 2.34. The predicted octanol–water partition coefficient (Wildman–Crippen LogP) is 2.28.